The molecule has 0 spiro atoms. The Bertz CT molecular complexity index is 379. The molecule has 1 aromatic carbocycles. The van der Waals surface area contributed by atoms with Crippen molar-refractivity contribution in [3.8, 4) is 0 Å². The second-order valence-electron chi connectivity index (χ2n) is 5.27. The zero-order valence-electron chi connectivity index (χ0n) is 12.5. The molecule has 1 rings (SSSR count). The summed E-state index contributed by atoms with van der Waals surface area (Å²) in [6, 6.07) is 5.14. The van der Waals surface area contributed by atoms with Gasteiger partial charge in [0.05, 0.1) is 0 Å². The van der Waals surface area contributed by atoms with Gasteiger partial charge in [-0.3, -0.25) is 0 Å². The minimum atomic E-state index is -0.177. The van der Waals surface area contributed by atoms with Crippen molar-refractivity contribution < 1.29 is 4.39 Å². The molecule has 0 bridgehead atoms. The van der Waals surface area contributed by atoms with Crippen molar-refractivity contribution in [3.63, 3.8) is 0 Å². The number of hydrogen-bond acceptors (Lipinski definition) is 2. The van der Waals surface area contributed by atoms with E-state index in [4.69, 9.17) is 5.73 Å². The number of anilines is 1. The van der Waals surface area contributed by atoms with Crippen LogP contribution in [-0.4, -0.2) is 19.6 Å². The maximum absolute atomic E-state index is 13.4. The van der Waals surface area contributed by atoms with Crippen LogP contribution >= 0.6 is 0 Å². The van der Waals surface area contributed by atoms with E-state index in [-0.39, 0.29) is 11.9 Å². The second-order valence-corrected chi connectivity index (χ2v) is 5.27. The third kappa shape index (κ3) is 5.19. The Morgan fingerprint density at radius 3 is 2.63 bits per heavy atom. The van der Waals surface area contributed by atoms with Crippen molar-refractivity contribution in [1.82, 2.24) is 0 Å². The summed E-state index contributed by atoms with van der Waals surface area (Å²) < 4.78 is 13.4. The highest BCUT2D eigenvalue weighted by atomic mass is 19.1. The van der Waals surface area contributed by atoms with Crippen LogP contribution in [0.2, 0.25) is 0 Å². The number of unbranched alkanes of at least 4 members (excludes halogenated alkanes) is 2. The first kappa shape index (κ1) is 16.0. The molecule has 0 heterocycles. The van der Waals surface area contributed by atoms with Gasteiger partial charge in [0.25, 0.3) is 0 Å². The van der Waals surface area contributed by atoms with Gasteiger partial charge in [-0.15, -0.1) is 0 Å². The van der Waals surface area contributed by atoms with Crippen LogP contribution in [0, 0.1) is 5.82 Å². The summed E-state index contributed by atoms with van der Waals surface area (Å²) in [5.41, 5.74) is 8.14. The van der Waals surface area contributed by atoms with Crippen molar-refractivity contribution in [2.75, 3.05) is 18.5 Å². The van der Waals surface area contributed by atoms with E-state index in [2.05, 4.69) is 25.8 Å². The number of hydrogen-bond donors (Lipinski definition) is 1. The van der Waals surface area contributed by atoms with E-state index in [0.717, 1.165) is 30.6 Å². The summed E-state index contributed by atoms with van der Waals surface area (Å²) in [6.45, 7) is 5.27. The molecule has 1 atom stereocenters. The molecule has 1 unspecified atom stereocenters. The van der Waals surface area contributed by atoms with Gasteiger partial charge in [0.15, 0.2) is 0 Å². The molecule has 0 fully saturated rings. The molecule has 0 saturated carbocycles. The van der Waals surface area contributed by atoms with E-state index < -0.39 is 0 Å². The first-order valence-electron chi connectivity index (χ1n) is 7.33. The predicted octanol–water partition coefficient (Wildman–Crippen LogP) is 3.73. The molecule has 3 heteroatoms. The van der Waals surface area contributed by atoms with Gasteiger partial charge in [-0.25, -0.2) is 4.39 Å². The van der Waals surface area contributed by atoms with Crippen LogP contribution in [0.3, 0.4) is 0 Å². The summed E-state index contributed by atoms with van der Waals surface area (Å²) >= 11 is 0. The highest BCUT2D eigenvalue weighted by Gasteiger charge is 2.11. The first-order valence-corrected chi connectivity index (χ1v) is 7.33. The monoisotopic (exact) mass is 266 g/mol. The number of rotatable bonds is 8. The fraction of sp³-hybridized carbons (Fsp3) is 0.625. The van der Waals surface area contributed by atoms with Gasteiger partial charge in [0.2, 0.25) is 0 Å². The van der Waals surface area contributed by atoms with Crippen LogP contribution in [0.15, 0.2) is 18.2 Å². The van der Waals surface area contributed by atoms with Gasteiger partial charge in [-0.1, -0.05) is 26.7 Å². The summed E-state index contributed by atoms with van der Waals surface area (Å²) in [6.07, 6.45) is 5.26. The molecule has 1 aromatic rings. The van der Waals surface area contributed by atoms with E-state index >= 15 is 0 Å². The third-order valence-electron chi connectivity index (χ3n) is 3.56. The zero-order valence-corrected chi connectivity index (χ0v) is 12.5. The summed E-state index contributed by atoms with van der Waals surface area (Å²) in [5, 5.41) is 0. The van der Waals surface area contributed by atoms with Crippen LogP contribution < -0.4 is 10.6 Å². The van der Waals surface area contributed by atoms with E-state index in [9.17, 15) is 4.39 Å². The molecule has 2 nitrogen and oxygen atoms in total. The average molecular weight is 266 g/mol. The molecule has 0 aliphatic heterocycles. The average Bonchev–Trinajstić information content (AvgIpc) is 2.38. The van der Waals surface area contributed by atoms with Crippen molar-refractivity contribution in [3.05, 3.63) is 29.6 Å². The molecule has 0 aliphatic carbocycles. The van der Waals surface area contributed by atoms with Gasteiger partial charge < -0.3 is 10.6 Å². The topological polar surface area (TPSA) is 29.3 Å². The zero-order chi connectivity index (χ0) is 14.3. The molecule has 0 aromatic heterocycles. The van der Waals surface area contributed by atoms with E-state index in [1.165, 1.54) is 25.3 Å². The molecule has 108 valence electrons. The lowest BCUT2D eigenvalue weighted by molar-refractivity contribution is 0.613. The second kappa shape index (κ2) is 8.16. The largest absolute Gasteiger partial charge is 0.374 e. The van der Waals surface area contributed by atoms with E-state index in [0.29, 0.717) is 0 Å². The maximum atomic E-state index is 13.4. The molecule has 2 N–H and O–H groups in total. The Labute approximate surface area is 116 Å². The number of benzene rings is 1. The third-order valence-corrected chi connectivity index (χ3v) is 3.56. The van der Waals surface area contributed by atoms with Gasteiger partial charge in [0, 0.05) is 25.3 Å². The predicted molar refractivity (Wildman–Crippen MR) is 81.2 cm³/mol. The molecule has 0 radical (unpaired) electrons. The van der Waals surface area contributed by atoms with Gasteiger partial charge in [-0.2, -0.15) is 0 Å². The molecule has 0 amide bonds. The Morgan fingerprint density at radius 1 is 1.26 bits per heavy atom. The maximum Gasteiger partial charge on any atom is 0.123 e. The van der Waals surface area contributed by atoms with Crippen molar-refractivity contribution in [1.29, 1.82) is 0 Å². The minimum Gasteiger partial charge on any atom is -0.374 e. The van der Waals surface area contributed by atoms with Crippen LogP contribution in [0.4, 0.5) is 10.1 Å². The normalized spacial score (nSPS) is 12.5. The molecular weight excluding hydrogens is 239 g/mol. The Hall–Kier alpha value is -1.09. The molecule has 0 saturated heterocycles. The van der Waals surface area contributed by atoms with Crippen molar-refractivity contribution >= 4 is 5.69 Å². The highest BCUT2D eigenvalue weighted by molar-refractivity contribution is 5.53. The molecule has 19 heavy (non-hydrogen) atoms. The lowest BCUT2D eigenvalue weighted by Gasteiger charge is -2.23. The Balaban J connectivity index is 2.80. The first-order chi connectivity index (χ1) is 9.08. The van der Waals surface area contributed by atoms with Crippen molar-refractivity contribution in [2.24, 2.45) is 5.73 Å². The lowest BCUT2D eigenvalue weighted by Crippen LogP contribution is -2.25. The van der Waals surface area contributed by atoms with E-state index in [1.807, 2.05) is 6.07 Å². The summed E-state index contributed by atoms with van der Waals surface area (Å²) in [5.74, 6) is -0.177. The quantitative estimate of drug-likeness (QED) is 0.726. The molecular formula is C16H27FN2. The van der Waals surface area contributed by atoms with Gasteiger partial charge in [-0.05, 0) is 43.0 Å². The highest BCUT2D eigenvalue weighted by Crippen LogP contribution is 2.23. The number of halogens is 1. The smallest absolute Gasteiger partial charge is 0.123 e. The number of nitrogens with two attached hydrogens (primary N) is 1. The fourth-order valence-corrected chi connectivity index (χ4v) is 2.24. The van der Waals surface area contributed by atoms with Crippen LogP contribution in [0.1, 0.15) is 45.1 Å². The Kier molecular flexibility index (Phi) is 6.85. The van der Waals surface area contributed by atoms with Crippen LogP contribution in [0.25, 0.3) is 0 Å². The van der Waals surface area contributed by atoms with Crippen LogP contribution in [-0.2, 0) is 6.42 Å². The summed E-state index contributed by atoms with van der Waals surface area (Å²) in [7, 11) is 2.07. The fourth-order valence-electron chi connectivity index (χ4n) is 2.24. The standard InChI is InChI=1S/C16H27FN2/c1-4-6-7-10-19(3)16-9-8-14(17)11-13(16)12-15(18)5-2/h8-9,11,15H,4-7,10,12,18H2,1-3H3. The van der Waals surface area contributed by atoms with Crippen LogP contribution in [0.5, 0.6) is 0 Å². The van der Waals surface area contributed by atoms with E-state index in [1.54, 1.807) is 6.07 Å². The van der Waals surface area contributed by atoms with Gasteiger partial charge in [0.1, 0.15) is 5.82 Å². The Morgan fingerprint density at radius 2 is 2.00 bits per heavy atom. The van der Waals surface area contributed by atoms with Crippen molar-refractivity contribution in [2.45, 2.75) is 52.0 Å². The van der Waals surface area contributed by atoms with Gasteiger partial charge >= 0.3 is 0 Å². The lowest BCUT2D eigenvalue weighted by atomic mass is 10.0. The summed E-state index contributed by atoms with van der Waals surface area (Å²) in [4.78, 5) is 2.22. The molecule has 0 aliphatic rings. The number of nitrogens with zero attached hydrogens (tertiary/aromatic N) is 1. The SMILES string of the molecule is CCCCCN(C)c1ccc(F)cc1CC(N)CC. The minimum absolute atomic E-state index is 0.101.